The summed E-state index contributed by atoms with van der Waals surface area (Å²) in [5.74, 6) is -3.36. The van der Waals surface area contributed by atoms with Crippen LogP contribution in [-0.2, 0) is 37.4 Å². The molecule has 36 heavy (non-hydrogen) atoms. The minimum Gasteiger partial charge on any atom is -0.473 e. The van der Waals surface area contributed by atoms with Gasteiger partial charge < -0.3 is 19.6 Å². The number of pyridine rings is 1. The number of aromatic nitrogens is 2. The number of hydrogen-bond acceptors (Lipinski definition) is 8. The zero-order chi connectivity index (χ0) is 26.6. The Bertz CT molecular complexity index is 1090. The summed E-state index contributed by atoms with van der Waals surface area (Å²) in [6, 6.07) is 5.21. The van der Waals surface area contributed by atoms with Crippen LogP contribution in [0.4, 0.5) is 0 Å². The van der Waals surface area contributed by atoms with Gasteiger partial charge >= 0.3 is 11.9 Å². The molecule has 198 valence electrons. The molecule has 1 fully saturated rings. The van der Waals surface area contributed by atoms with Crippen molar-refractivity contribution in [3.05, 3.63) is 47.1 Å². The van der Waals surface area contributed by atoms with E-state index in [-0.39, 0.29) is 29.8 Å². The lowest BCUT2D eigenvalue weighted by Gasteiger charge is -2.25. The highest BCUT2D eigenvalue weighted by atomic mass is 35.5. The summed E-state index contributed by atoms with van der Waals surface area (Å²) in [6.07, 6.45) is 7.74. The summed E-state index contributed by atoms with van der Waals surface area (Å²) in [6.45, 7) is 1.59. The highest BCUT2D eigenvalue weighted by molar-refractivity contribution is 7.89. The number of carboxylic acid groups (broad SMARTS) is 2. The Morgan fingerprint density at radius 3 is 2.19 bits per heavy atom. The summed E-state index contributed by atoms with van der Waals surface area (Å²) in [7, 11) is -3.41. The van der Waals surface area contributed by atoms with Gasteiger partial charge in [-0.1, -0.05) is 29.6 Å². The van der Waals surface area contributed by atoms with Gasteiger partial charge in [-0.25, -0.2) is 22.3 Å². The molecular formula is C22H29ClN4O8S. The van der Waals surface area contributed by atoms with Crippen molar-refractivity contribution in [2.75, 3.05) is 25.4 Å². The van der Waals surface area contributed by atoms with Crippen LogP contribution in [0.25, 0.3) is 0 Å². The fraction of sp³-hybridized carbons (Fsp3) is 0.500. The summed E-state index contributed by atoms with van der Waals surface area (Å²) >= 11 is 5.75. The second kappa shape index (κ2) is 14.5. The van der Waals surface area contributed by atoms with Crippen LogP contribution in [0.5, 0.6) is 0 Å². The number of nitrogens with zero attached hydrogens (tertiary/aromatic N) is 4. The third kappa shape index (κ3) is 10.3. The number of hydrogen-bond donors (Lipinski definition) is 2. The first-order valence-corrected chi connectivity index (χ1v) is 13.3. The van der Waals surface area contributed by atoms with E-state index in [2.05, 4.69) is 10.1 Å². The van der Waals surface area contributed by atoms with Gasteiger partial charge in [0.2, 0.25) is 15.9 Å². The number of carbonyl (C=O) groups is 3. The monoisotopic (exact) mass is 544 g/mol. The Morgan fingerprint density at radius 2 is 1.67 bits per heavy atom. The van der Waals surface area contributed by atoms with Crippen molar-refractivity contribution in [3.8, 4) is 0 Å². The molecule has 0 bridgehead atoms. The Labute approximate surface area is 213 Å². The van der Waals surface area contributed by atoms with Crippen molar-refractivity contribution >= 4 is 39.5 Å². The number of carbonyl (C=O) groups excluding carboxylic acids is 1. The maximum Gasteiger partial charge on any atom is 0.414 e. The van der Waals surface area contributed by atoms with Gasteiger partial charge in [0.25, 0.3) is 0 Å². The van der Waals surface area contributed by atoms with Crippen LogP contribution < -0.4 is 0 Å². The molecule has 1 amide bonds. The van der Waals surface area contributed by atoms with E-state index in [9.17, 15) is 13.2 Å². The molecule has 0 saturated carbocycles. The van der Waals surface area contributed by atoms with E-state index in [1.165, 1.54) is 0 Å². The molecule has 2 aromatic rings. The lowest BCUT2D eigenvalue weighted by Crippen LogP contribution is -2.40. The number of sulfonamides is 1. The topological polar surface area (TPSA) is 171 Å². The largest absolute Gasteiger partial charge is 0.473 e. The first-order valence-electron chi connectivity index (χ1n) is 11.3. The van der Waals surface area contributed by atoms with E-state index in [1.807, 2.05) is 12.1 Å². The van der Waals surface area contributed by atoms with Gasteiger partial charge in [0.05, 0.1) is 5.75 Å². The summed E-state index contributed by atoms with van der Waals surface area (Å²) in [5, 5.41) is 18.6. The maximum atomic E-state index is 12.9. The van der Waals surface area contributed by atoms with Crippen LogP contribution in [0.15, 0.2) is 35.1 Å². The van der Waals surface area contributed by atoms with Gasteiger partial charge in [0.1, 0.15) is 5.76 Å². The van der Waals surface area contributed by atoms with Crippen LogP contribution in [0, 0.1) is 0 Å². The Balaban J connectivity index is 0.000000678. The van der Waals surface area contributed by atoms with Crippen molar-refractivity contribution in [1.29, 1.82) is 0 Å². The fourth-order valence-electron chi connectivity index (χ4n) is 3.47. The summed E-state index contributed by atoms with van der Waals surface area (Å²) < 4.78 is 32.3. The van der Waals surface area contributed by atoms with E-state index in [0.717, 1.165) is 31.2 Å². The summed E-state index contributed by atoms with van der Waals surface area (Å²) in [5.41, 5.74) is 0.897. The highest BCUT2D eigenvalue weighted by Gasteiger charge is 2.25. The van der Waals surface area contributed by atoms with Gasteiger partial charge in [0, 0.05) is 57.5 Å². The van der Waals surface area contributed by atoms with Crippen molar-refractivity contribution in [2.24, 2.45) is 0 Å². The molecule has 0 aromatic carbocycles. The number of aryl methyl sites for hydroxylation is 1. The molecular weight excluding hydrogens is 516 g/mol. The van der Waals surface area contributed by atoms with Gasteiger partial charge in [-0.15, -0.1) is 0 Å². The zero-order valence-corrected chi connectivity index (χ0v) is 21.2. The maximum absolute atomic E-state index is 12.9. The SMILES string of the molecule is O=C(CCc1cc(Cl)no1)N(CCS(=O)(=O)N1CCCCCC1)Cc1ccncc1.O=C(O)C(=O)O. The van der Waals surface area contributed by atoms with Crippen molar-refractivity contribution in [2.45, 2.75) is 45.1 Å². The minimum atomic E-state index is -3.41. The smallest absolute Gasteiger partial charge is 0.414 e. The molecule has 3 heterocycles. The van der Waals surface area contributed by atoms with Crippen LogP contribution in [0.1, 0.15) is 43.4 Å². The first kappa shape index (κ1) is 29.2. The molecule has 3 rings (SSSR count). The third-order valence-electron chi connectivity index (χ3n) is 5.35. The van der Waals surface area contributed by atoms with Crippen molar-refractivity contribution in [3.63, 3.8) is 0 Å². The lowest BCUT2D eigenvalue weighted by atomic mass is 10.2. The first-order chi connectivity index (χ1) is 17.1. The normalized spacial score (nSPS) is 14.2. The molecule has 0 radical (unpaired) electrons. The van der Waals surface area contributed by atoms with Crippen molar-refractivity contribution in [1.82, 2.24) is 19.3 Å². The van der Waals surface area contributed by atoms with Crippen LogP contribution in [0.3, 0.4) is 0 Å². The van der Waals surface area contributed by atoms with Gasteiger partial charge in [0.15, 0.2) is 5.15 Å². The second-order valence-electron chi connectivity index (χ2n) is 8.03. The van der Waals surface area contributed by atoms with Crippen LogP contribution in [-0.4, -0.2) is 81.2 Å². The number of carboxylic acids is 2. The molecule has 1 saturated heterocycles. The minimum absolute atomic E-state index is 0.0854. The number of aliphatic carboxylic acids is 2. The number of halogens is 1. The molecule has 0 atom stereocenters. The predicted octanol–water partition coefficient (Wildman–Crippen LogP) is 2.05. The van der Waals surface area contributed by atoms with E-state index in [0.29, 0.717) is 31.8 Å². The second-order valence-corrected chi connectivity index (χ2v) is 10.5. The molecule has 1 aliphatic heterocycles. The Hall–Kier alpha value is -3.03. The molecule has 0 aliphatic carbocycles. The number of rotatable bonds is 9. The standard InChI is InChI=1S/C20H27ClN4O4S.C2H2O4/c21-19-15-18(29-23-19)5-6-20(26)24(16-17-7-9-22-10-8-17)13-14-30(27,28)25-11-3-1-2-4-12-25;3-1(4)2(5)6/h7-10,15H,1-6,11-14,16H2;(H,3,4)(H,5,6). The van der Waals surface area contributed by atoms with Crippen molar-refractivity contribution < 1.29 is 37.5 Å². The Morgan fingerprint density at radius 1 is 1.06 bits per heavy atom. The Kier molecular flexibility index (Phi) is 11.8. The van der Waals surface area contributed by atoms with E-state index in [4.69, 9.17) is 35.9 Å². The molecule has 14 heteroatoms. The molecule has 0 unspecified atom stereocenters. The average Bonchev–Trinajstić information content (AvgIpc) is 3.07. The van der Waals surface area contributed by atoms with E-state index in [1.54, 1.807) is 27.7 Å². The van der Waals surface area contributed by atoms with Gasteiger partial charge in [-0.05, 0) is 30.5 Å². The lowest BCUT2D eigenvalue weighted by molar-refractivity contribution is -0.159. The molecule has 2 aromatic heterocycles. The predicted molar refractivity (Wildman–Crippen MR) is 129 cm³/mol. The van der Waals surface area contributed by atoms with Gasteiger partial charge in [-0.3, -0.25) is 9.78 Å². The van der Waals surface area contributed by atoms with Crippen LogP contribution >= 0.6 is 11.6 Å². The third-order valence-corrected chi connectivity index (χ3v) is 7.38. The van der Waals surface area contributed by atoms with E-state index < -0.39 is 22.0 Å². The molecule has 1 aliphatic rings. The average molecular weight is 545 g/mol. The molecule has 12 nitrogen and oxygen atoms in total. The zero-order valence-electron chi connectivity index (χ0n) is 19.6. The van der Waals surface area contributed by atoms with E-state index >= 15 is 0 Å². The molecule has 2 N–H and O–H groups in total. The quantitative estimate of drug-likeness (QED) is 0.445. The molecule has 0 spiro atoms. The fourth-order valence-corrected chi connectivity index (χ4v) is 5.15. The van der Waals surface area contributed by atoms with Crippen LogP contribution in [0.2, 0.25) is 5.15 Å². The summed E-state index contributed by atoms with van der Waals surface area (Å²) in [4.78, 5) is 36.7. The number of amides is 1. The van der Waals surface area contributed by atoms with Gasteiger partial charge in [-0.2, -0.15) is 0 Å². The highest BCUT2D eigenvalue weighted by Crippen LogP contribution is 2.16.